The van der Waals surface area contributed by atoms with Crippen LogP contribution < -0.4 is 9.47 Å². The normalized spacial score (nSPS) is 16.1. The number of sulfonamides is 1. The van der Waals surface area contributed by atoms with Gasteiger partial charge in [-0.25, -0.2) is 0 Å². The SMILES string of the molecule is COc1cccc(OC)c1[C@@H]1CC(c2ccc(C)cc2)=NN1S(=O)(=O)c1ccccc1C. The number of benzene rings is 3. The van der Waals surface area contributed by atoms with Crippen LogP contribution in [-0.2, 0) is 10.0 Å². The topological polar surface area (TPSA) is 68.2 Å². The lowest BCUT2D eigenvalue weighted by molar-refractivity contribution is 0.330. The average Bonchev–Trinajstić information content (AvgIpc) is 3.25. The summed E-state index contributed by atoms with van der Waals surface area (Å²) in [5.41, 5.74) is 4.02. The van der Waals surface area contributed by atoms with Crippen LogP contribution in [0.15, 0.2) is 76.7 Å². The van der Waals surface area contributed by atoms with E-state index < -0.39 is 16.1 Å². The Morgan fingerprint density at radius 1 is 0.875 bits per heavy atom. The van der Waals surface area contributed by atoms with Gasteiger partial charge in [-0.15, -0.1) is 0 Å². The standard InChI is InChI=1S/C25H26N2O4S/c1-17-12-14-19(15-13-17)20-16-21(25-22(30-3)9-7-10-23(25)31-4)27(26-20)32(28,29)24-11-6-5-8-18(24)2/h5-15,21H,16H2,1-4H3/t21-/m0/s1. The quantitative estimate of drug-likeness (QED) is 0.538. The van der Waals surface area contributed by atoms with Gasteiger partial charge in [0.05, 0.1) is 30.4 Å². The molecule has 3 aromatic carbocycles. The molecule has 1 heterocycles. The highest BCUT2D eigenvalue weighted by Crippen LogP contribution is 2.45. The van der Waals surface area contributed by atoms with Crippen LogP contribution >= 0.6 is 0 Å². The van der Waals surface area contributed by atoms with E-state index in [0.29, 0.717) is 34.8 Å². The third-order valence-corrected chi connectivity index (χ3v) is 7.52. The summed E-state index contributed by atoms with van der Waals surface area (Å²) in [7, 11) is -0.802. The van der Waals surface area contributed by atoms with E-state index in [4.69, 9.17) is 9.47 Å². The molecule has 0 amide bonds. The highest BCUT2D eigenvalue weighted by molar-refractivity contribution is 7.89. The minimum absolute atomic E-state index is 0.229. The minimum atomic E-state index is -3.93. The summed E-state index contributed by atoms with van der Waals surface area (Å²) in [5.74, 6) is 1.11. The number of aryl methyl sites for hydroxylation is 2. The van der Waals surface area contributed by atoms with Crippen molar-refractivity contribution in [2.24, 2.45) is 5.10 Å². The maximum atomic E-state index is 13.8. The molecule has 0 aliphatic carbocycles. The molecular formula is C25H26N2O4S. The van der Waals surface area contributed by atoms with E-state index in [1.807, 2.05) is 43.3 Å². The second-order valence-electron chi connectivity index (χ2n) is 7.75. The molecule has 4 rings (SSSR count). The van der Waals surface area contributed by atoms with E-state index in [-0.39, 0.29) is 4.90 Å². The van der Waals surface area contributed by atoms with E-state index in [1.54, 1.807) is 51.5 Å². The molecule has 6 nitrogen and oxygen atoms in total. The van der Waals surface area contributed by atoms with Crippen molar-refractivity contribution in [1.29, 1.82) is 0 Å². The molecule has 0 fully saturated rings. The minimum Gasteiger partial charge on any atom is -0.496 e. The van der Waals surface area contributed by atoms with Crippen LogP contribution in [0, 0.1) is 13.8 Å². The lowest BCUT2D eigenvalue weighted by Crippen LogP contribution is -2.28. The van der Waals surface area contributed by atoms with Crippen molar-refractivity contribution in [3.63, 3.8) is 0 Å². The van der Waals surface area contributed by atoms with Gasteiger partial charge in [0.15, 0.2) is 0 Å². The van der Waals surface area contributed by atoms with Crippen LogP contribution in [0.25, 0.3) is 0 Å². The number of hydrazone groups is 1. The largest absolute Gasteiger partial charge is 0.496 e. The molecule has 1 aliphatic rings. The van der Waals surface area contributed by atoms with E-state index in [2.05, 4.69) is 5.10 Å². The van der Waals surface area contributed by atoms with Crippen LogP contribution in [0.1, 0.15) is 34.7 Å². The molecule has 0 saturated heterocycles. The van der Waals surface area contributed by atoms with Crippen LogP contribution in [0.2, 0.25) is 0 Å². The maximum Gasteiger partial charge on any atom is 0.279 e. The first-order valence-corrected chi connectivity index (χ1v) is 11.8. The lowest BCUT2D eigenvalue weighted by Gasteiger charge is -2.26. The number of hydrogen-bond acceptors (Lipinski definition) is 5. The molecular weight excluding hydrogens is 424 g/mol. The summed E-state index contributed by atoms with van der Waals surface area (Å²) in [6.45, 7) is 3.80. The highest BCUT2D eigenvalue weighted by atomic mass is 32.2. The van der Waals surface area contributed by atoms with Gasteiger partial charge < -0.3 is 9.47 Å². The summed E-state index contributed by atoms with van der Waals surface area (Å²) in [6, 6.07) is 19.7. The Labute approximate surface area is 189 Å². The monoisotopic (exact) mass is 450 g/mol. The molecule has 0 radical (unpaired) electrons. The first-order valence-electron chi connectivity index (χ1n) is 10.3. The fourth-order valence-electron chi connectivity index (χ4n) is 4.00. The molecule has 0 N–H and O–H groups in total. The van der Waals surface area contributed by atoms with E-state index >= 15 is 0 Å². The fraction of sp³-hybridized carbons (Fsp3) is 0.240. The third kappa shape index (κ3) is 3.84. The second-order valence-corrected chi connectivity index (χ2v) is 9.52. The molecule has 32 heavy (non-hydrogen) atoms. The number of methoxy groups -OCH3 is 2. The molecule has 0 saturated carbocycles. The van der Waals surface area contributed by atoms with Crippen molar-refractivity contribution < 1.29 is 17.9 Å². The zero-order valence-corrected chi connectivity index (χ0v) is 19.4. The Balaban J connectivity index is 1.90. The van der Waals surface area contributed by atoms with Gasteiger partial charge in [-0.3, -0.25) is 0 Å². The van der Waals surface area contributed by atoms with Gasteiger partial charge in [-0.1, -0.05) is 54.1 Å². The van der Waals surface area contributed by atoms with Gasteiger partial charge in [0.25, 0.3) is 10.0 Å². The fourth-order valence-corrected chi connectivity index (χ4v) is 5.65. The van der Waals surface area contributed by atoms with Crippen molar-refractivity contribution in [2.45, 2.75) is 31.2 Å². The van der Waals surface area contributed by atoms with Gasteiger partial charge in [0.1, 0.15) is 17.5 Å². The lowest BCUT2D eigenvalue weighted by atomic mass is 9.97. The van der Waals surface area contributed by atoms with Crippen LogP contribution in [0.4, 0.5) is 0 Å². The molecule has 7 heteroatoms. The van der Waals surface area contributed by atoms with Crippen LogP contribution in [-0.4, -0.2) is 32.8 Å². The van der Waals surface area contributed by atoms with Crippen molar-refractivity contribution in [3.05, 3.63) is 89.0 Å². The van der Waals surface area contributed by atoms with Gasteiger partial charge in [0.2, 0.25) is 0 Å². The first kappa shape index (κ1) is 21.9. The van der Waals surface area contributed by atoms with Crippen LogP contribution in [0.5, 0.6) is 11.5 Å². The van der Waals surface area contributed by atoms with Gasteiger partial charge in [-0.2, -0.15) is 17.9 Å². The smallest absolute Gasteiger partial charge is 0.279 e. The number of ether oxygens (including phenoxy) is 2. The van der Waals surface area contributed by atoms with E-state index in [0.717, 1.165) is 11.1 Å². The Morgan fingerprint density at radius 2 is 1.50 bits per heavy atom. The van der Waals surface area contributed by atoms with Crippen LogP contribution in [0.3, 0.4) is 0 Å². The predicted molar refractivity (Wildman–Crippen MR) is 125 cm³/mol. The summed E-state index contributed by atoms with van der Waals surface area (Å²) in [5, 5.41) is 4.64. The number of hydrogen-bond donors (Lipinski definition) is 0. The molecule has 3 aromatic rings. The number of nitrogens with zero attached hydrogens (tertiary/aromatic N) is 2. The van der Waals surface area contributed by atoms with Crippen molar-refractivity contribution in [1.82, 2.24) is 4.41 Å². The predicted octanol–water partition coefficient (Wildman–Crippen LogP) is 4.86. The Morgan fingerprint density at radius 3 is 2.09 bits per heavy atom. The maximum absolute atomic E-state index is 13.8. The average molecular weight is 451 g/mol. The zero-order chi connectivity index (χ0) is 22.9. The second kappa shape index (κ2) is 8.67. The molecule has 166 valence electrons. The Hall–Kier alpha value is -3.32. The molecule has 1 atom stereocenters. The zero-order valence-electron chi connectivity index (χ0n) is 18.6. The summed E-state index contributed by atoms with van der Waals surface area (Å²) in [6.07, 6.45) is 0.394. The van der Waals surface area contributed by atoms with Gasteiger partial charge in [-0.05, 0) is 43.2 Å². The Kier molecular flexibility index (Phi) is 5.93. The molecule has 0 spiro atoms. The third-order valence-electron chi connectivity index (χ3n) is 5.67. The molecule has 1 aliphatic heterocycles. The van der Waals surface area contributed by atoms with Crippen molar-refractivity contribution in [3.8, 4) is 11.5 Å². The molecule has 0 bridgehead atoms. The Bertz CT molecular complexity index is 1250. The van der Waals surface area contributed by atoms with Crippen molar-refractivity contribution in [2.75, 3.05) is 14.2 Å². The van der Waals surface area contributed by atoms with E-state index in [9.17, 15) is 8.42 Å². The first-order chi connectivity index (χ1) is 15.4. The van der Waals surface area contributed by atoms with E-state index in [1.165, 1.54) is 4.41 Å². The summed E-state index contributed by atoms with van der Waals surface area (Å²) < 4.78 is 40.0. The summed E-state index contributed by atoms with van der Waals surface area (Å²) >= 11 is 0. The molecule has 0 unspecified atom stereocenters. The van der Waals surface area contributed by atoms with Crippen molar-refractivity contribution >= 4 is 15.7 Å². The highest BCUT2D eigenvalue weighted by Gasteiger charge is 2.41. The van der Waals surface area contributed by atoms with Gasteiger partial charge in [0, 0.05) is 6.42 Å². The number of rotatable bonds is 6. The van der Waals surface area contributed by atoms with Gasteiger partial charge >= 0.3 is 0 Å². The summed E-state index contributed by atoms with van der Waals surface area (Å²) in [4.78, 5) is 0.229. The molecule has 0 aromatic heterocycles.